The van der Waals surface area contributed by atoms with Crippen LogP contribution in [-0.4, -0.2) is 90.7 Å². The van der Waals surface area contributed by atoms with Crippen molar-refractivity contribution in [1.82, 2.24) is 14.5 Å². The third-order valence-electron chi connectivity index (χ3n) is 10.1. The number of morpholine rings is 1. The number of rotatable bonds is 16. The van der Waals surface area contributed by atoms with E-state index in [-0.39, 0.29) is 12.0 Å². The van der Waals surface area contributed by atoms with Gasteiger partial charge in [-0.15, -0.1) is 0 Å². The van der Waals surface area contributed by atoms with Crippen molar-refractivity contribution < 1.29 is 23.6 Å². The number of carbonyl (C=O) groups excluding carboxylic acids is 1. The molecular formula is C43H55N5O5S. The van der Waals surface area contributed by atoms with Crippen LogP contribution in [0.5, 0.6) is 5.75 Å². The van der Waals surface area contributed by atoms with Crippen LogP contribution in [0.15, 0.2) is 83.5 Å². The van der Waals surface area contributed by atoms with E-state index in [0.29, 0.717) is 36.0 Å². The molecule has 2 aliphatic rings. The first kappa shape index (κ1) is 39.6. The minimum absolute atomic E-state index is 0.113. The number of unbranched alkanes of at least 4 members (excludes halogenated alkanes) is 1. The standard InChI is InChI=1S/C43H55N5O5S/c1-5-7-22-51-24-25-53-38-15-10-33(11-16-38)34-12-19-41-36(26-34)27-35(9-8-20-48(41)29-39-28-46(4)21-23-52-39)43(49)45-37-13-17-40(18-14-37)54(50)30-42-32(3)44-31-47(42)6-2/h10-19,26-27,31,39H,5-9,20-25,28-30H2,1-4H3,(H,45,49)/b35-27+/t39-,54+/m0/s1. The van der Waals surface area contributed by atoms with Crippen LogP contribution in [-0.2, 0) is 37.7 Å². The molecule has 2 atom stereocenters. The summed E-state index contributed by atoms with van der Waals surface area (Å²) in [4.78, 5) is 23.7. The third kappa shape index (κ3) is 10.5. The van der Waals surface area contributed by atoms with Gasteiger partial charge in [0.25, 0.3) is 5.91 Å². The highest BCUT2D eigenvalue weighted by molar-refractivity contribution is 7.90. The van der Waals surface area contributed by atoms with E-state index in [9.17, 15) is 9.35 Å². The second kappa shape index (κ2) is 19.5. The summed E-state index contributed by atoms with van der Waals surface area (Å²) >= 11 is -1.23. The molecule has 0 aliphatic carbocycles. The van der Waals surface area contributed by atoms with Gasteiger partial charge in [-0.3, -0.25) is 4.79 Å². The quantitative estimate of drug-likeness (QED) is 0.0938. The first-order valence-corrected chi connectivity index (χ1v) is 20.6. The van der Waals surface area contributed by atoms with Gasteiger partial charge in [-0.2, -0.15) is 0 Å². The normalized spacial score (nSPS) is 17.9. The van der Waals surface area contributed by atoms with Crippen molar-refractivity contribution in [1.29, 1.82) is 0 Å². The Morgan fingerprint density at radius 3 is 2.57 bits per heavy atom. The molecule has 288 valence electrons. The molecule has 3 aromatic carbocycles. The molecule has 4 aromatic rings. The van der Waals surface area contributed by atoms with E-state index in [1.165, 1.54) is 0 Å². The minimum Gasteiger partial charge on any atom is -0.611 e. The summed E-state index contributed by atoms with van der Waals surface area (Å²) in [5, 5.41) is 3.11. The number of fused-ring (bicyclic) bond motifs is 1. The van der Waals surface area contributed by atoms with Crippen molar-refractivity contribution in [2.75, 3.05) is 69.9 Å². The average Bonchev–Trinajstić information content (AvgIpc) is 3.53. The van der Waals surface area contributed by atoms with Gasteiger partial charge in [-0.05, 0) is 123 Å². The first-order chi connectivity index (χ1) is 26.3. The van der Waals surface area contributed by atoms with Crippen LogP contribution in [0.2, 0.25) is 0 Å². The maximum Gasteiger partial charge on any atom is 0.251 e. The second-order valence-corrected chi connectivity index (χ2v) is 15.6. The van der Waals surface area contributed by atoms with Gasteiger partial charge < -0.3 is 38.4 Å². The molecule has 0 unspecified atom stereocenters. The van der Waals surface area contributed by atoms with Crippen LogP contribution in [0.3, 0.4) is 0 Å². The molecule has 6 rings (SSSR count). The number of aryl methyl sites for hydroxylation is 2. The lowest BCUT2D eigenvalue weighted by atomic mass is 9.96. The highest BCUT2D eigenvalue weighted by Gasteiger charge is 2.25. The average molecular weight is 754 g/mol. The molecule has 1 amide bonds. The number of ether oxygens (including phenoxy) is 3. The summed E-state index contributed by atoms with van der Waals surface area (Å²) in [6.45, 7) is 13.0. The molecule has 3 heterocycles. The fourth-order valence-corrected chi connectivity index (χ4v) is 8.19. The summed E-state index contributed by atoms with van der Waals surface area (Å²) in [6, 6.07) is 22.0. The number of aromatic nitrogens is 2. The van der Waals surface area contributed by atoms with E-state index in [4.69, 9.17) is 14.2 Å². The predicted molar refractivity (Wildman–Crippen MR) is 218 cm³/mol. The number of amides is 1. The van der Waals surface area contributed by atoms with Crippen molar-refractivity contribution in [3.63, 3.8) is 0 Å². The Morgan fingerprint density at radius 1 is 1.02 bits per heavy atom. The maximum absolute atomic E-state index is 13.9. The summed E-state index contributed by atoms with van der Waals surface area (Å²) in [5.41, 5.74) is 7.50. The Balaban J connectivity index is 1.19. The molecule has 10 nitrogen and oxygen atoms in total. The Kier molecular flexibility index (Phi) is 14.3. The Bertz CT molecular complexity index is 1840. The molecule has 1 fully saturated rings. The monoisotopic (exact) mass is 753 g/mol. The van der Waals surface area contributed by atoms with Gasteiger partial charge >= 0.3 is 0 Å². The number of nitrogens with one attached hydrogen (secondary N) is 1. The topological polar surface area (TPSA) is 104 Å². The lowest BCUT2D eigenvalue weighted by Gasteiger charge is -2.36. The zero-order valence-electron chi connectivity index (χ0n) is 32.2. The van der Waals surface area contributed by atoms with Crippen LogP contribution >= 0.6 is 0 Å². The van der Waals surface area contributed by atoms with Gasteiger partial charge in [0, 0.05) is 56.3 Å². The van der Waals surface area contributed by atoms with Gasteiger partial charge in [0.15, 0.2) is 10.6 Å². The van der Waals surface area contributed by atoms with Crippen molar-refractivity contribution in [3.8, 4) is 16.9 Å². The summed E-state index contributed by atoms with van der Waals surface area (Å²) in [5.74, 6) is 1.07. The molecule has 0 spiro atoms. The van der Waals surface area contributed by atoms with Crippen LogP contribution in [0.1, 0.15) is 56.5 Å². The van der Waals surface area contributed by atoms with Crippen LogP contribution in [0.4, 0.5) is 11.4 Å². The number of anilines is 2. The molecular weight excluding hydrogens is 699 g/mol. The summed E-state index contributed by atoms with van der Waals surface area (Å²) in [7, 11) is 2.14. The zero-order chi connectivity index (χ0) is 37.9. The highest BCUT2D eigenvalue weighted by Crippen LogP contribution is 2.33. The van der Waals surface area contributed by atoms with E-state index < -0.39 is 11.2 Å². The van der Waals surface area contributed by atoms with Gasteiger partial charge in [0.05, 0.1) is 37.0 Å². The third-order valence-corrected chi connectivity index (χ3v) is 11.4. The second-order valence-electron chi connectivity index (χ2n) is 14.1. The largest absolute Gasteiger partial charge is 0.611 e. The SMILES string of the molecule is CCCCOCCOc1ccc(-c2ccc3c(c2)/C=C(/C(=O)Nc2ccc([S@+]([O-])Cc4c(C)ncn4CC)cc2)CCCN3C[C@@H]2CN(C)CCO2)cc1. The van der Waals surface area contributed by atoms with E-state index in [2.05, 4.69) is 71.3 Å². The van der Waals surface area contributed by atoms with Gasteiger partial charge in [0.1, 0.15) is 12.4 Å². The van der Waals surface area contributed by atoms with Crippen LogP contribution in [0, 0.1) is 6.92 Å². The molecule has 1 saturated heterocycles. The number of benzene rings is 3. The van der Waals surface area contributed by atoms with Gasteiger partial charge in [-0.25, -0.2) is 4.98 Å². The molecule has 54 heavy (non-hydrogen) atoms. The molecule has 1 N–H and O–H groups in total. The van der Waals surface area contributed by atoms with Crippen LogP contribution < -0.4 is 15.0 Å². The van der Waals surface area contributed by atoms with Crippen molar-refractivity contribution in [2.45, 2.75) is 69.8 Å². The maximum atomic E-state index is 13.9. The number of hydrogen-bond donors (Lipinski definition) is 1. The fourth-order valence-electron chi connectivity index (χ4n) is 6.96. The number of nitrogens with zero attached hydrogens (tertiary/aromatic N) is 4. The van der Waals surface area contributed by atoms with E-state index in [1.807, 2.05) is 54.0 Å². The Hall–Kier alpha value is -4.13. The summed E-state index contributed by atoms with van der Waals surface area (Å²) < 4.78 is 33.0. The van der Waals surface area contributed by atoms with Gasteiger partial charge in [0.2, 0.25) is 0 Å². The molecule has 0 bridgehead atoms. The first-order valence-electron chi connectivity index (χ1n) is 19.3. The molecule has 11 heteroatoms. The zero-order valence-corrected chi connectivity index (χ0v) is 33.0. The molecule has 0 radical (unpaired) electrons. The minimum atomic E-state index is -1.23. The van der Waals surface area contributed by atoms with Crippen molar-refractivity contribution >= 4 is 34.5 Å². The number of hydrogen-bond acceptors (Lipinski definition) is 8. The molecule has 1 aromatic heterocycles. The van der Waals surface area contributed by atoms with Crippen molar-refractivity contribution in [3.05, 3.63) is 95.6 Å². The van der Waals surface area contributed by atoms with Crippen LogP contribution in [0.25, 0.3) is 17.2 Å². The summed E-state index contributed by atoms with van der Waals surface area (Å²) in [6.07, 6.45) is 7.61. The lowest BCUT2D eigenvalue weighted by molar-refractivity contribution is -0.112. The molecule has 2 aliphatic heterocycles. The highest BCUT2D eigenvalue weighted by atomic mass is 32.2. The van der Waals surface area contributed by atoms with E-state index >= 15 is 0 Å². The van der Waals surface area contributed by atoms with Crippen molar-refractivity contribution in [2.24, 2.45) is 0 Å². The number of imidazole rings is 1. The Labute approximate surface area is 323 Å². The smallest absolute Gasteiger partial charge is 0.251 e. The van der Waals surface area contributed by atoms with Gasteiger partial charge in [-0.1, -0.05) is 31.5 Å². The predicted octanol–water partition coefficient (Wildman–Crippen LogP) is 7.33. The lowest BCUT2D eigenvalue weighted by Crippen LogP contribution is -2.46. The molecule has 0 saturated carbocycles. The Morgan fingerprint density at radius 2 is 1.81 bits per heavy atom. The fraction of sp³-hybridized carbons (Fsp3) is 0.442. The van der Waals surface area contributed by atoms with E-state index in [0.717, 1.165) is 110 Å². The number of carbonyl (C=O) groups is 1. The van der Waals surface area contributed by atoms with E-state index in [1.54, 1.807) is 6.33 Å². The number of likely N-dealkylation sites (N-methyl/N-ethyl adjacent to an activating group) is 1.